The largest absolute Gasteiger partial charge is 0.499 e. The first-order valence-corrected chi connectivity index (χ1v) is 10.1. The van der Waals surface area contributed by atoms with Gasteiger partial charge in [0.2, 0.25) is 0 Å². The predicted octanol–water partition coefficient (Wildman–Crippen LogP) is 6.90. The minimum atomic E-state index is -5.81. The molecule has 1 aliphatic rings. The average molecular weight is 422 g/mol. The molecule has 1 aliphatic carbocycles. The van der Waals surface area contributed by atoms with E-state index in [-0.39, 0.29) is 11.7 Å². The number of hydrogen-bond acceptors (Lipinski definition) is 3. The SMILES string of the molecule is CCCCCCC1CCC(C(=O)Oc2ccc(OC(F)(F)C(F)(F)F)cc2)CC1. The van der Waals surface area contributed by atoms with Gasteiger partial charge in [-0.25, -0.2) is 0 Å². The third-order valence-electron chi connectivity index (χ3n) is 5.26. The molecule has 0 atom stereocenters. The van der Waals surface area contributed by atoms with Crippen molar-refractivity contribution < 1.29 is 36.2 Å². The lowest BCUT2D eigenvalue weighted by Crippen LogP contribution is -2.41. The highest BCUT2D eigenvalue weighted by Crippen LogP contribution is 2.38. The molecular weight excluding hydrogens is 395 g/mol. The summed E-state index contributed by atoms with van der Waals surface area (Å²) in [5, 5.41) is 0. The third kappa shape index (κ3) is 7.16. The lowest BCUT2D eigenvalue weighted by molar-refractivity contribution is -0.360. The van der Waals surface area contributed by atoms with Gasteiger partial charge in [0, 0.05) is 0 Å². The third-order valence-corrected chi connectivity index (χ3v) is 5.26. The molecule has 8 heteroatoms. The Labute approximate surface area is 167 Å². The van der Waals surface area contributed by atoms with Gasteiger partial charge in [-0.15, -0.1) is 0 Å². The molecule has 1 saturated carbocycles. The molecule has 1 aromatic carbocycles. The molecule has 2 rings (SSSR count). The van der Waals surface area contributed by atoms with E-state index in [9.17, 15) is 26.7 Å². The molecular formula is C21H27F5O3. The van der Waals surface area contributed by atoms with Crippen molar-refractivity contribution in [2.24, 2.45) is 11.8 Å². The van der Waals surface area contributed by atoms with Gasteiger partial charge in [-0.1, -0.05) is 39.0 Å². The molecule has 0 N–H and O–H groups in total. The summed E-state index contributed by atoms with van der Waals surface area (Å²) in [4.78, 5) is 12.3. The number of alkyl halides is 5. The lowest BCUT2D eigenvalue weighted by atomic mass is 9.80. The number of rotatable bonds is 9. The lowest BCUT2D eigenvalue weighted by Gasteiger charge is -2.27. The van der Waals surface area contributed by atoms with Crippen LogP contribution < -0.4 is 9.47 Å². The zero-order valence-electron chi connectivity index (χ0n) is 16.4. The molecule has 1 fully saturated rings. The normalized spacial score (nSPS) is 20.3. The van der Waals surface area contributed by atoms with Gasteiger partial charge in [-0.3, -0.25) is 4.79 Å². The van der Waals surface area contributed by atoms with E-state index >= 15 is 0 Å². The second-order valence-corrected chi connectivity index (χ2v) is 7.58. The summed E-state index contributed by atoms with van der Waals surface area (Å²) in [5.74, 6) is -0.561. The predicted molar refractivity (Wildman–Crippen MR) is 97.9 cm³/mol. The van der Waals surface area contributed by atoms with Gasteiger partial charge in [0.1, 0.15) is 11.5 Å². The van der Waals surface area contributed by atoms with E-state index in [1.54, 1.807) is 0 Å². The van der Waals surface area contributed by atoms with Crippen LogP contribution in [0.4, 0.5) is 22.0 Å². The summed E-state index contributed by atoms with van der Waals surface area (Å²) < 4.78 is 71.2. The van der Waals surface area contributed by atoms with E-state index in [1.807, 2.05) is 0 Å². The van der Waals surface area contributed by atoms with Gasteiger partial charge in [-0.05, 0) is 55.9 Å². The van der Waals surface area contributed by atoms with Crippen molar-refractivity contribution in [3.05, 3.63) is 24.3 Å². The molecule has 0 heterocycles. The number of unbranched alkanes of at least 4 members (excludes halogenated alkanes) is 3. The molecule has 0 saturated heterocycles. The zero-order valence-corrected chi connectivity index (χ0v) is 16.4. The Morgan fingerprint density at radius 2 is 1.52 bits per heavy atom. The van der Waals surface area contributed by atoms with Crippen LogP contribution in [0.2, 0.25) is 0 Å². The first-order chi connectivity index (χ1) is 13.6. The molecule has 0 radical (unpaired) electrons. The monoisotopic (exact) mass is 422 g/mol. The molecule has 0 aromatic heterocycles. The minimum absolute atomic E-state index is 0.0827. The highest BCUT2D eigenvalue weighted by molar-refractivity contribution is 5.75. The molecule has 0 amide bonds. The summed E-state index contributed by atoms with van der Waals surface area (Å²) in [6.07, 6.45) is -1.56. The topological polar surface area (TPSA) is 35.5 Å². The van der Waals surface area contributed by atoms with Crippen LogP contribution in [-0.4, -0.2) is 18.3 Å². The van der Waals surface area contributed by atoms with Gasteiger partial charge in [-0.2, -0.15) is 22.0 Å². The Morgan fingerprint density at radius 1 is 0.931 bits per heavy atom. The maximum atomic E-state index is 12.9. The molecule has 164 valence electrons. The van der Waals surface area contributed by atoms with Crippen molar-refractivity contribution in [2.45, 2.75) is 77.0 Å². The van der Waals surface area contributed by atoms with Gasteiger partial charge in [0.25, 0.3) is 0 Å². The molecule has 0 unspecified atom stereocenters. The summed E-state index contributed by atoms with van der Waals surface area (Å²) in [7, 11) is 0. The molecule has 0 aliphatic heterocycles. The second kappa shape index (κ2) is 10.3. The Hall–Kier alpha value is -1.86. The fraction of sp³-hybridized carbons (Fsp3) is 0.667. The van der Waals surface area contributed by atoms with Crippen LogP contribution in [0, 0.1) is 11.8 Å². The first-order valence-electron chi connectivity index (χ1n) is 10.1. The highest BCUT2D eigenvalue weighted by atomic mass is 19.4. The van der Waals surface area contributed by atoms with E-state index in [1.165, 1.54) is 32.1 Å². The number of ether oxygens (including phenoxy) is 2. The zero-order chi connectivity index (χ0) is 21.5. The second-order valence-electron chi connectivity index (χ2n) is 7.58. The molecule has 1 aromatic rings. The Balaban J connectivity index is 1.78. The van der Waals surface area contributed by atoms with E-state index in [2.05, 4.69) is 11.7 Å². The standard InChI is InChI=1S/C21H27F5O3/c1-2-3-4-5-6-15-7-9-16(10-8-15)19(27)28-17-11-13-18(14-12-17)29-21(25,26)20(22,23)24/h11-16H,2-10H2,1H3. The first kappa shape index (κ1) is 23.4. The summed E-state index contributed by atoms with van der Waals surface area (Å²) in [6.45, 7) is 2.18. The van der Waals surface area contributed by atoms with Gasteiger partial charge >= 0.3 is 18.3 Å². The number of halogens is 5. The van der Waals surface area contributed by atoms with Crippen LogP contribution in [0.25, 0.3) is 0 Å². The van der Waals surface area contributed by atoms with Crippen molar-refractivity contribution in [1.29, 1.82) is 0 Å². The quantitative estimate of drug-likeness (QED) is 0.188. The number of carbonyl (C=O) groups is 1. The molecule has 3 nitrogen and oxygen atoms in total. The van der Waals surface area contributed by atoms with Crippen LogP contribution in [0.15, 0.2) is 24.3 Å². The van der Waals surface area contributed by atoms with Gasteiger partial charge in [0.15, 0.2) is 0 Å². The fourth-order valence-corrected chi connectivity index (χ4v) is 3.53. The fourth-order valence-electron chi connectivity index (χ4n) is 3.53. The minimum Gasteiger partial charge on any atom is -0.426 e. The average Bonchev–Trinajstić information content (AvgIpc) is 2.66. The highest BCUT2D eigenvalue weighted by Gasteiger charge is 2.61. The number of carbonyl (C=O) groups excluding carboxylic acids is 1. The van der Waals surface area contributed by atoms with Crippen molar-refractivity contribution in [2.75, 3.05) is 0 Å². The van der Waals surface area contributed by atoms with E-state index in [0.29, 0.717) is 5.92 Å². The van der Waals surface area contributed by atoms with Crippen LogP contribution in [-0.2, 0) is 4.79 Å². The van der Waals surface area contributed by atoms with Crippen LogP contribution >= 0.6 is 0 Å². The Morgan fingerprint density at radius 3 is 2.07 bits per heavy atom. The maximum absolute atomic E-state index is 12.9. The van der Waals surface area contributed by atoms with Crippen LogP contribution in [0.5, 0.6) is 11.5 Å². The number of benzene rings is 1. The Bertz CT molecular complexity index is 635. The summed E-state index contributed by atoms with van der Waals surface area (Å²) >= 11 is 0. The summed E-state index contributed by atoms with van der Waals surface area (Å²) in [6, 6.07) is 4.10. The van der Waals surface area contributed by atoms with Crippen molar-refractivity contribution in [1.82, 2.24) is 0 Å². The van der Waals surface area contributed by atoms with Crippen LogP contribution in [0.3, 0.4) is 0 Å². The van der Waals surface area contributed by atoms with Crippen molar-refractivity contribution in [3.8, 4) is 11.5 Å². The number of hydrogen-bond donors (Lipinski definition) is 0. The summed E-state index contributed by atoms with van der Waals surface area (Å²) in [5.41, 5.74) is 0. The van der Waals surface area contributed by atoms with Crippen molar-refractivity contribution >= 4 is 5.97 Å². The van der Waals surface area contributed by atoms with E-state index < -0.39 is 24.0 Å². The smallest absolute Gasteiger partial charge is 0.426 e. The Kier molecular flexibility index (Phi) is 8.28. The van der Waals surface area contributed by atoms with E-state index in [0.717, 1.165) is 49.9 Å². The molecule has 0 spiro atoms. The van der Waals surface area contributed by atoms with Crippen LogP contribution in [0.1, 0.15) is 64.7 Å². The van der Waals surface area contributed by atoms with Gasteiger partial charge < -0.3 is 9.47 Å². The van der Waals surface area contributed by atoms with Crippen molar-refractivity contribution in [3.63, 3.8) is 0 Å². The molecule has 29 heavy (non-hydrogen) atoms. The maximum Gasteiger partial charge on any atom is 0.499 e. The van der Waals surface area contributed by atoms with E-state index in [4.69, 9.17) is 4.74 Å². The van der Waals surface area contributed by atoms with Gasteiger partial charge in [0.05, 0.1) is 5.92 Å². The number of esters is 1. The molecule has 0 bridgehead atoms.